The quantitative estimate of drug-likeness (QED) is 0.348. The molecule has 2 saturated heterocycles. The van der Waals surface area contributed by atoms with Crippen molar-refractivity contribution in [3.8, 4) is 23.0 Å². The molecule has 6 rings (SSSR count). The lowest BCUT2D eigenvalue weighted by atomic mass is 9.65. The van der Waals surface area contributed by atoms with Crippen molar-refractivity contribution in [3.05, 3.63) is 42.5 Å². The lowest BCUT2D eigenvalue weighted by Crippen LogP contribution is -2.64. The average Bonchev–Trinajstić information content (AvgIpc) is 2.87. The number of ether oxygens (including phenoxy) is 4. The van der Waals surface area contributed by atoms with Gasteiger partial charge in [-0.1, -0.05) is 13.8 Å². The monoisotopic (exact) mass is 786 g/mol. The summed E-state index contributed by atoms with van der Waals surface area (Å²) in [7, 11) is 0. The van der Waals surface area contributed by atoms with Crippen LogP contribution in [0.2, 0.25) is 0 Å². The van der Waals surface area contributed by atoms with E-state index in [9.17, 15) is 9.59 Å². The van der Waals surface area contributed by atoms with Gasteiger partial charge in [0.1, 0.15) is 24.4 Å². The first-order valence-corrected chi connectivity index (χ1v) is 16.3. The van der Waals surface area contributed by atoms with Gasteiger partial charge in [-0.3, -0.25) is 9.59 Å². The molecule has 4 aliphatic heterocycles. The Hall–Kier alpha value is -1.96. The van der Waals surface area contributed by atoms with Crippen molar-refractivity contribution < 1.29 is 28.5 Å². The van der Waals surface area contributed by atoms with Crippen molar-refractivity contribution in [2.45, 2.75) is 72.4 Å². The highest BCUT2D eigenvalue weighted by molar-refractivity contribution is 14.1. The number of halogens is 2. The molecule has 0 aliphatic carbocycles. The van der Waals surface area contributed by atoms with Gasteiger partial charge in [-0.15, -0.1) is 0 Å². The molecule has 0 N–H and O–H groups in total. The standard InChI is InChI=1S/C31H36I2N2O6/c1-16-18(3)40-26-9-22(32)20(7-24(26)38-16)28(36)34-12-30(5)11-31(6,13-34)15-35(14-30)29(37)21-8-25-27(10-23(21)33)41-19(4)17(2)39-25/h7-10,16-19H,11-15H2,1-6H3. The van der Waals surface area contributed by atoms with E-state index in [1.807, 2.05) is 61.8 Å². The Bertz CT molecular complexity index is 1310. The molecular weight excluding hydrogens is 750 g/mol. The zero-order valence-corrected chi connectivity index (χ0v) is 28.6. The van der Waals surface area contributed by atoms with Crippen LogP contribution < -0.4 is 18.9 Å². The Morgan fingerprint density at radius 3 is 1.24 bits per heavy atom. The van der Waals surface area contributed by atoms with Gasteiger partial charge in [0, 0.05) is 44.1 Å². The predicted octanol–water partition coefficient (Wildman–Crippen LogP) is 6.01. The SMILES string of the molecule is CC1Oc2cc(I)c(C(=O)N3CC4(C)CN(C(=O)c5cc6c(cc5I)OC(C)C(C)O6)CC(C)(C3)C4)cc2OC1C. The maximum Gasteiger partial charge on any atom is 0.255 e. The number of fused-ring (bicyclic) bond motifs is 4. The van der Waals surface area contributed by atoms with E-state index in [1.54, 1.807) is 0 Å². The first-order valence-electron chi connectivity index (χ1n) is 14.2. The normalized spacial score (nSPS) is 32.0. The molecule has 10 heteroatoms. The Labute approximate surface area is 268 Å². The number of likely N-dealkylation sites (tertiary alicyclic amines) is 2. The van der Waals surface area contributed by atoms with E-state index in [2.05, 4.69) is 59.0 Å². The first-order chi connectivity index (χ1) is 19.2. The summed E-state index contributed by atoms with van der Waals surface area (Å²) in [6.07, 6.45) is 0.666. The molecule has 0 saturated carbocycles. The Kier molecular flexibility index (Phi) is 7.35. The molecule has 4 unspecified atom stereocenters. The van der Waals surface area contributed by atoms with Gasteiger partial charge in [0.2, 0.25) is 0 Å². The lowest BCUT2D eigenvalue weighted by Gasteiger charge is -2.56. The molecule has 4 aliphatic rings. The first kappa shape index (κ1) is 29.1. The fourth-order valence-electron chi connectivity index (χ4n) is 6.89. The van der Waals surface area contributed by atoms with E-state index in [4.69, 9.17) is 18.9 Å². The maximum absolute atomic E-state index is 14.0. The molecule has 4 heterocycles. The smallest absolute Gasteiger partial charge is 0.255 e. The zero-order valence-electron chi connectivity index (χ0n) is 24.3. The number of carbonyl (C=O) groups excluding carboxylic acids is 2. The fourth-order valence-corrected chi connectivity index (χ4v) is 8.23. The third-order valence-corrected chi connectivity index (χ3v) is 10.6. The molecule has 2 amide bonds. The predicted molar refractivity (Wildman–Crippen MR) is 171 cm³/mol. The minimum absolute atomic E-state index is 0.00580. The number of amides is 2. The van der Waals surface area contributed by atoms with Crippen LogP contribution in [0.15, 0.2) is 24.3 Å². The van der Waals surface area contributed by atoms with Crippen molar-refractivity contribution in [2.24, 2.45) is 10.8 Å². The van der Waals surface area contributed by atoms with E-state index >= 15 is 0 Å². The fraction of sp³-hybridized carbons (Fsp3) is 0.548. The summed E-state index contributed by atoms with van der Waals surface area (Å²) in [6, 6.07) is 7.46. The van der Waals surface area contributed by atoms with Gasteiger partial charge in [0.05, 0.1) is 11.1 Å². The molecule has 41 heavy (non-hydrogen) atoms. The molecule has 8 nitrogen and oxygen atoms in total. The van der Waals surface area contributed by atoms with Crippen LogP contribution in [0.3, 0.4) is 0 Å². The molecule has 2 bridgehead atoms. The van der Waals surface area contributed by atoms with Crippen LogP contribution in [0, 0.1) is 18.0 Å². The van der Waals surface area contributed by atoms with Gasteiger partial charge in [-0.2, -0.15) is 0 Å². The second-order valence-electron chi connectivity index (χ2n) is 13.0. The Balaban J connectivity index is 1.23. The third-order valence-electron chi connectivity index (χ3n) is 8.82. The molecule has 2 aromatic carbocycles. The summed E-state index contributed by atoms with van der Waals surface area (Å²) in [6.45, 7) is 14.6. The molecular formula is C31H36I2N2O6. The summed E-state index contributed by atoms with van der Waals surface area (Å²) >= 11 is 4.43. The van der Waals surface area contributed by atoms with Crippen molar-refractivity contribution in [1.82, 2.24) is 9.80 Å². The summed E-state index contributed by atoms with van der Waals surface area (Å²) in [5.74, 6) is 2.57. The van der Waals surface area contributed by atoms with Crippen LogP contribution in [0.25, 0.3) is 0 Å². The maximum atomic E-state index is 14.0. The third kappa shape index (κ3) is 5.36. The van der Waals surface area contributed by atoms with Crippen LogP contribution >= 0.6 is 45.2 Å². The molecule has 0 radical (unpaired) electrons. The molecule has 220 valence electrons. The minimum atomic E-state index is -0.233. The van der Waals surface area contributed by atoms with E-state index in [1.165, 1.54) is 0 Å². The second-order valence-corrected chi connectivity index (χ2v) is 15.3. The summed E-state index contributed by atoms with van der Waals surface area (Å²) in [4.78, 5) is 31.9. The zero-order chi connectivity index (χ0) is 29.4. The van der Waals surface area contributed by atoms with E-state index < -0.39 is 0 Å². The van der Waals surface area contributed by atoms with Gasteiger partial charge in [-0.05, 0) is 104 Å². The van der Waals surface area contributed by atoms with E-state index in [0.717, 1.165) is 13.6 Å². The summed E-state index contributed by atoms with van der Waals surface area (Å²) in [5, 5.41) is 0. The molecule has 4 atom stereocenters. The number of carbonyl (C=O) groups is 2. The van der Waals surface area contributed by atoms with Crippen LogP contribution in [-0.4, -0.2) is 72.2 Å². The van der Waals surface area contributed by atoms with Crippen LogP contribution in [0.1, 0.15) is 68.7 Å². The number of piperidine rings is 2. The van der Waals surface area contributed by atoms with Gasteiger partial charge in [0.15, 0.2) is 23.0 Å². The average molecular weight is 786 g/mol. The highest BCUT2D eigenvalue weighted by atomic mass is 127. The van der Waals surface area contributed by atoms with Crippen LogP contribution in [0.4, 0.5) is 0 Å². The number of nitrogens with zero attached hydrogens (tertiary/aromatic N) is 2. The molecule has 2 fully saturated rings. The van der Waals surface area contributed by atoms with Crippen molar-refractivity contribution >= 4 is 57.0 Å². The van der Waals surface area contributed by atoms with Crippen molar-refractivity contribution in [3.63, 3.8) is 0 Å². The highest BCUT2D eigenvalue weighted by Crippen LogP contribution is 2.47. The molecule has 0 spiro atoms. The number of hydrogen-bond acceptors (Lipinski definition) is 6. The number of hydrogen-bond donors (Lipinski definition) is 0. The largest absolute Gasteiger partial charge is 0.483 e. The highest BCUT2D eigenvalue weighted by Gasteiger charge is 2.51. The van der Waals surface area contributed by atoms with E-state index in [0.29, 0.717) is 60.3 Å². The van der Waals surface area contributed by atoms with Gasteiger partial charge >= 0.3 is 0 Å². The summed E-state index contributed by atoms with van der Waals surface area (Å²) < 4.78 is 25.8. The second kappa shape index (κ2) is 10.3. The van der Waals surface area contributed by atoms with Gasteiger partial charge in [-0.25, -0.2) is 0 Å². The van der Waals surface area contributed by atoms with Gasteiger partial charge in [0.25, 0.3) is 11.8 Å². The van der Waals surface area contributed by atoms with Crippen molar-refractivity contribution in [2.75, 3.05) is 26.2 Å². The topological polar surface area (TPSA) is 77.5 Å². The number of benzene rings is 2. The van der Waals surface area contributed by atoms with Crippen LogP contribution in [-0.2, 0) is 0 Å². The van der Waals surface area contributed by atoms with Crippen molar-refractivity contribution in [1.29, 1.82) is 0 Å². The van der Waals surface area contributed by atoms with Gasteiger partial charge < -0.3 is 28.7 Å². The lowest BCUT2D eigenvalue weighted by molar-refractivity contribution is -0.0539. The Morgan fingerprint density at radius 2 is 0.927 bits per heavy atom. The minimum Gasteiger partial charge on any atom is -0.483 e. The molecule has 0 aromatic heterocycles. The molecule has 2 aromatic rings. The summed E-state index contributed by atoms with van der Waals surface area (Å²) in [5.41, 5.74) is 0.791. The Morgan fingerprint density at radius 1 is 0.634 bits per heavy atom. The number of rotatable bonds is 2. The van der Waals surface area contributed by atoms with Crippen LogP contribution in [0.5, 0.6) is 23.0 Å². The van der Waals surface area contributed by atoms with E-state index in [-0.39, 0.29) is 47.1 Å².